The molecule has 0 aliphatic carbocycles. The van der Waals surface area contributed by atoms with E-state index in [-0.39, 0.29) is 17.5 Å². The van der Waals surface area contributed by atoms with Crippen molar-refractivity contribution in [2.24, 2.45) is 0 Å². The Morgan fingerprint density at radius 2 is 1.83 bits per heavy atom. The first-order valence-electron chi connectivity index (χ1n) is 9.45. The molecule has 0 saturated carbocycles. The number of nitrogens with zero attached hydrogens (tertiary/aromatic N) is 5. The van der Waals surface area contributed by atoms with E-state index in [4.69, 9.17) is 11.6 Å². The van der Waals surface area contributed by atoms with Gasteiger partial charge in [0, 0.05) is 36.4 Å². The maximum atomic E-state index is 13.2. The maximum Gasteiger partial charge on any atom is 0.352 e. The first kappa shape index (κ1) is 19.4. The third-order valence-electron chi connectivity index (χ3n) is 5.10. The fourth-order valence-corrected chi connectivity index (χ4v) is 3.65. The number of hydrogen-bond acceptors (Lipinski definition) is 5. The Morgan fingerprint density at radius 3 is 2.48 bits per heavy atom. The third-order valence-corrected chi connectivity index (χ3v) is 5.35. The second kappa shape index (κ2) is 8.21. The van der Waals surface area contributed by atoms with E-state index < -0.39 is 0 Å². The van der Waals surface area contributed by atoms with Crippen molar-refractivity contribution in [3.63, 3.8) is 0 Å². The Kier molecular flexibility index (Phi) is 5.49. The summed E-state index contributed by atoms with van der Waals surface area (Å²) in [7, 11) is 0. The molecular weight excluding hydrogens is 393 g/mol. The highest BCUT2D eigenvalue weighted by Gasteiger charge is 2.26. The quantitative estimate of drug-likeness (QED) is 0.657. The van der Waals surface area contributed by atoms with Gasteiger partial charge in [0.1, 0.15) is 12.1 Å². The van der Waals surface area contributed by atoms with Gasteiger partial charge in [-0.1, -0.05) is 23.7 Å². The summed E-state index contributed by atoms with van der Waals surface area (Å²) < 4.78 is 14.6. The van der Waals surface area contributed by atoms with Gasteiger partial charge in [-0.25, -0.2) is 14.2 Å². The predicted octanol–water partition coefficient (Wildman–Crippen LogP) is 3.19. The Balaban J connectivity index is 1.46. The molecule has 29 heavy (non-hydrogen) atoms. The van der Waals surface area contributed by atoms with E-state index in [1.165, 1.54) is 16.7 Å². The van der Waals surface area contributed by atoms with Crippen LogP contribution in [0.5, 0.6) is 0 Å². The molecule has 1 fully saturated rings. The van der Waals surface area contributed by atoms with Gasteiger partial charge in [-0.05, 0) is 48.9 Å². The number of halogens is 2. The highest BCUT2D eigenvalue weighted by atomic mass is 35.5. The van der Waals surface area contributed by atoms with Gasteiger partial charge in [0.25, 0.3) is 0 Å². The number of anilines is 2. The molecule has 1 atom stereocenters. The van der Waals surface area contributed by atoms with Crippen LogP contribution in [0.2, 0.25) is 5.02 Å². The zero-order valence-electron chi connectivity index (χ0n) is 16.0. The van der Waals surface area contributed by atoms with Crippen molar-refractivity contribution in [3.05, 3.63) is 81.7 Å². The van der Waals surface area contributed by atoms with E-state index >= 15 is 0 Å². The lowest BCUT2D eigenvalue weighted by molar-refractivity contribution is 0.534. The molecule has 6 nitrogen and oxygen atoms in total. The monoisotopic (exact) mass is 413 g/mol. The van der Waals surface area contributed by atoms with Crippen LogP contribution >= 0.6 is 11.6 Å². The molecule has 3 aromatic rings. The predicted molar refractivity (Wildman–Crippen MR) is 112 cm³/mol. The molecule has 0 amide bonds. The topological polar surface area (TPSA) is 54.3 Å². The number of rotatable bonds is 4. The fraction of sp³-hybridized carbons (Fsp3) is 0.286. The summed E-state index contributed by atoms with van der Waals surface area (Å²) in [5, 5.41) is 0.654. The summed E-state index contributed by atoms with van der Waals surface area (Å²) in [6, 6.07) is 13.9. The highest BCUT2D eigenvalue weighted by Crippen LogP contribution is 2.21. The summed E-state index contributed by atoms with van der Waals surface area (Å²) in [4.78, 5) is 25.3. The van der Waals surface area contributed by atoms with E-state index in [0.29, 0.717) is 24.1 Å². The molecule has 1 saturated heterocycles. The molecule has 8 heteroatoms. The van der Waals surface area contributed by atoms with E-state index in [0.717, 1.165) is 24.3 Å². The largest absolute Gasteiger partial charge is 0.368 e. The van der Waals surface area contributed by atoms with Gasteiger partial charge >= 0.3 is 5.69 Å². The molecule has 0 radical (unpaired) electrons. The molecule has 1 aliphatic heterocycles. The van der Waals surface area contributed by atoms with E-state index in [1.54, 1.807) is 30.6 Å². The lowest BCUT2D eigenvalue weighted by Crippen LogP contribution is -2.53. The van der Waals surface area contributed by atoms with Crippen LogP contribution in [0.1, 0.15) is 12.5 Å². The number of aromatic nitrogens is 3. The molecule has 1 aliphatic rings. The molecule has 0 unspecified atom stereocenters. The van der Waals surface area contributed by atoms with Crippen molar-refractivity contribution in [2.75, 3.05) is 29.4 Å². The smallest absolute Gasteiger partial charge is 0.352 e. The SMILES string of the molecule is C[C@@H]1CN(c2ccc(F)cc2)CCN1c1ncn(Cc2ccc(Cl)cc2)c(=O)n1. The maximum absolute atomic E-state index is 13.2. The van der Waals surface area contributed by atoms with Gasteiger partial charge in [-0.2, -0.15) is 4.98 Å². The van der Waals surface area contributed by atoms with Gasteiger partial charge < -0.3 is 9.80 Å². The van der Waals surface area contributed by atoms with Crippen LogP contribution in [0.25, 0.3) is 0 Å². The average Bonchev–Trinajstić information content (AvgIpc) is 2.72. The fourth-order valence-electron chi connectivity index (χ4n) is 3.52. The lowest BCUT2D eigenvalue weighted by Gasteiger charge is -2.40. The summed E-state index contributed by atoms with van der Waals surface area (Å²) in [6.07, 6.45) is 1.54. The minimum Gasteiger partial charge on any atom is -0.368 e. The van der Waals surface area contributed by atoms with E-state index in [2.05, 4.69) is 21.8 Å². The van der Waals surface area contributed by atoms with Crippen LogP contribution in [-0.2, 0) is 6.54 Å². The van der Waals surface area contributed by atoms with Crippen molar-refractivity contribution in [2.45, 2.75) is 19.5 Å². The lowest BCUT2D eigenvalue weighted by atomic mass is 10.1. The zero-order valence-corrected chi connectivity index (χ0v) is 16.8. The Hall–Kier alpha value is -2.93. The molecule has 1 aromatic heterocycles. The van der Waals surface area contributed by atoms with Crippen LogP contribution in [0.4, 0.5) is 16.0 Å². The average molecular weight is 414 g/mol. The summed E-state index contributed by atoms with van der Waals surface area (Å²) in [5.74, 6) is 0.196. The molecule has 2 heterocycles. The van der Waals surface area contributed by atoms with Crippen LogP contribution in [0, 0.1) is 5.82 Å². The second-order valence-electron chi connectivity index (χ2n) is 7.16. The highest BCUT2D eigenvalue weighted by molar-refractivity contribution is 6.30. The van der Waals surface area contributed by atoms with Gasteiger partial charge in [-0.15, -0.1) is 0 Å². The molecule has 0 bridgehead atoms. The second-order valence-corrected chi connectivity index (χ2v) is 7.59. The molecule has 150 valence electrons. The summed E-state index contributed by atoms with van der Waals surface area (Å²) in [5.41, 5.74) is 1.60. The summed E-state index contributed by atoms with van der Waals surface area (Å²) in [6.45, 7) is 4.62. The van der Waals surface area contributed by atoms with Crippen LogP contribution in [0.15, 0.2) is 59.7 Å². The number of benzene rings is 2. The van der Waals surface area contributed by atoms with Crippen molar-refractivity contribution in [3.8, 4) is 0 Å². The van der Waals surface area contributed by atoms with Gasteiger partial charge in [0.15, 0.2) is 0 Å². The van der Waals surface area contributed by atoms with Crippen LogP contribution in [-0.4, -0.2) is 40.2 Å². The number of hydrogen-bond donors (Lipinski definition) is 0. The summed E-state index contributed by atoms with van der Waals surface area (Å²) >= 11 is 5.90. The molecule has 0 N–H and O–H groups in total. The van der Waals surface area contributed by atoms with Gasteiger partial charge in [0.2, 0.25) is 5.95 Å². The van der Waals surface area contributed by atoms with Gasteiger partial charge in [0.05, 0.1) is 6.54 Å². The minimum absolute atomic E-state index is 0.111. The van der Waals surface area contributed by atoms with E-state index in [9.17, 15) is 9.18 Å². The van der Waals surface area contributed by atoms with E-state index in [1.807, 2.05) is 17.0 Å². The standard InChI is InChI=1S/C21H21ClFN5O/c1-15-12-26(19-8-6-18(23)7-9-19)10-11-28(15)20-24-14-27(21(29)25-20)13-16-2-4-17(22)5-3-16/h2-9,14-15H,10-13H2,1H3/t15-/m1/s1. The van der Waals surface area contributed by atoms with Crippen molar-refractivity contribution >= 4 is 23.2 Å². The zero-order chi connectivity index (χ0) is 20.4. The Labute approximate surface area is 173 Å². The van der Waals surface area contributed by atoms with Gasteiger partial charge in [-0.3, -0.25) is 4.57 Å². The first-order valence-corrected chi connectivity index (χ1v) is 9.82. The minimum atomic E-state index is -0.335. The normalized spacial score (nSPS) is 16.9. The molecule has 0 spiro atoms. The Bertz CT molecular complexity index is 1040. The number of piperazine rings is 1. The van der Waals surface area contributed by atoms with Crippen LogP contribution in [0.3, 0.4) is 0 Å². The third kappa shape index (κ3) is 4.40. The van der Waals surface area contributed by atoms with Crippen molar-refractivity contribution in [1.82, 2.24) is 14.5 Å². The Morgan fingerprint density at radius 1 is 1.10 bits per heavy atom. The van der Waals surface area contributed by atoms with Crippen LogP contribution < -0.4 is 15.5 Å². The molecule has 4 rings (SSSR count). The van der Waals surface area contributed by atoms with Crippen molar-refractivity contribution < 1.29 is 4.39 Å². The molecular formula is C21H21ClFN5O. The first-order chi connectivity index (χ1) is 14.0. The molecule has 2 aromatic carbocycles. The van der Waals surface area contributed by atoms with Crippen molar-refractivity contribution in [1.29, 1.82) is 0 Å².